The minimum absolute atomic E-state index is 0.433. The van der Waals surface area contributed by atoms with E-state index in [0.29, 0.717) is 5.56 Å². The van der Waals surface area contributed by atoms with Crippen LogP contribution in [0.2, 0.25) is 0 Å². The fraction of sp³-hybridized carbons (Fsp3) is 0.250. The number of nitrogens with zero attached hydrogens (tertiary/aromatic N) is 2. The number of rotatable bonds is 5. The van der Waals surface area contributed by atoms with Crippen molar-refractivity contribution in [3.8, 4) is 0 Å². The lowest BCUT2D eigenvalue weighted by Gasteiger charge is -2.12. The van der Waals surface area contributed by atoms with Crippen LogP contribution >= 0.6 is 11.3 Å². The zero-order valence-electron chi connectivity index (χ0n) is 12.6. The van der Waals surface area contributed by atoms with E-state index in [-0.39, 0.29) is 0 Å². The molecule has 3 rings (SSSR count). The first kappa shape index (κ1) is 14.7. The Kier molecular flexibility index (Phi) is 3.96. The summed E-state index contributed by atoms with van der Waals surface area (Å²) < 4.78 is 1.17. The number of pyridine rings is 1. The van der Waals surface area contributed by atoms with Gasteiger partial charge in [0.25, 0.3) is 0 Å². The van der Waals surface area contributed by atoms with Crippen LogP contribution in [0.5, 0.6) is 0 Å². The highest BCUT2D eigenvalue weighted by Crippen LogP contribution is 2.33. The molecule has 3 N–H and O–H groups in total. The van der Waals surface area contributed by atoms with Crippen LogP contribution in [0.15, 0.2) is 29.6 Å². The molecule has 0 spiro atoms. The minimum atomic E-state index is -0.433. The quantitative estimate of drug-likeness (QED) is 0.759. The van der Waals surface area contributed by atoms with Gasteiger partial charge < -0.3 is 16.0 Å². The molecule has 0 bridgehead atoms. The molecule has 3 aromatic rings. The van der Waals surface area contributed by atoms with Crippen molar-refractivity contribution in [3.63, 3.8) is 0 Å². The zero-order chi connectivity index (χ0) is 15.7. The van der Waals surface area contributed by atoms with Crippen molar-refractivity contribution < 1.29 is 4.79 Å². The van der Waals surface area contributed by atoms with E-state index in [1.54, 1.807) is 23.5 Å². The van der Waals surface area contributed by atoms with Gasteiger partial charge in [0, 0.05) is 34.1 Å². The third-order valence-electron chi connectivity index (χ3n) is 3.53. The molecular weight excluding hydrogens is 296 g/mol. The Labute approximate surface area is 132 Å². The topological polar surface area (TPSA) is 71.2 Å². The lowest BCUT2D eigenvalue weighted by Crippen LogP contribution is -2.21. The molecule has 2 heterocycles. The second kappa shape index (κ2) is 5.90. The molecule has 1 aromatic carbocycles. The summed E-state index contributed by atoms with van der Waals surface area (Å²) in [6.07, 6.45) is 0. The van der Waals surface area contributed by atoms with Crippen LogP contribution in [0, 0.1) is 0 Å². The fourth-order valence-electron chi connectivity index (χ4n) is 2.39. The average Bonchev–Trinajstić information content (AvgIpc) is 2.96. The van der Waals surface area contributed by atoms with Crippen LogP contribution in [0.4, 0.5) is 5.82 Å². The molecule has 0 aliphatic heterocycles. The van der Waals surface area contributed by atoms with Gasteiger partial charge in [0.2, 0.25) is 5.91 Å². The number of benzene rings is 1. The number of aromatic nitrogens is 1. The molecule has 1 amide bonds. The second-order valence-corrected chi connectivity index (χ2v) is 6.37. The monoisotopic (exact) mass is 314 g/mol. The molecule has 0 unspecified atom stereocenters. The van der Waals surface area contributed by atoms with Crippen LogP contribution in [-0.2, 0) is 0 Å². The molecule has 0 saturated heterocycles. The Morgan fingerprint density at radius 2 is 2.14 bits per heavy atom. The SMILES string of the molecule is CN(C)CCNc1nc2cc(C(N)=O)ccc2c2sccc12. The molecule has 2 aromatic heterocycles. The van der Waals surface area contributed by atoms with Crippen LogP contribution in [-0.4, -0.2) is 43.0 Å². The van der Waals surface area contributed by atoms with Gasteiger partial charge in [-0.2, -0.15) is 0 Å². The Bertz CT molecular complexity index is 841. The standard InChI is InChI=1S/C16H18N4OS/c1-20(2)7-6-18-16-12-5-8-22-14(12)11-4-3-10(15(17)21)9-13(11)19-16/h3-5,8-9H,6-7H2,1-2H3,(H2,17,21)(H,18,19). The minimum Gasteiger partial charge on any atom is -0.368 e. The summed E-state index contributed by atoms with van der Waals surface area (Å²) in [4.78, 5) is 18.2. The number of carbonyl (C=O) groups excluding carboxylic acids is 1. The lowest BCUT2D eigenvalue weighted by atomic mass is 10.1. The Morgan fingerprint density at radius 1 is 1.32 bits per heavy atom. The molecule has 0 aliphatic carbocycles. The smallest absolute Gasteiger partial charge is 0.248 e. The van der Waals surface area contributed by atoms with E-state index in [0.717, 1.165) is 35.2 Å². The number of nitrogens with one attached hydrogen (secondary N) is 1. The number of thiophene rings is 1. The second-order valence-electron chi connectivity index (χ2n) is 5.45. The zero-order valence-corrected chi connectivity index (χ0v) is 13.4. The van der Waals surface area contributed by atoms with Crippen molar-refractivity contribution in [1.82, 2.24) is 9.88 Å². The first-order chi connectivity index (χ1) is 10.6. The highest BCUT2D eigenvalue weighted by molar-refractivity contribution is 7.18. The number of likely N-dealkylation sites (N-methyl/N-ethyl adjacent to an activating group) is 1. The number of nitrogens with two attached hydrogens (primary N) is 1. The number of anilines is 1. The summed E-state index contributed by atoms with van der Waals surface area (Å²) in [5.74, 6) is 0.421. The van der Waals surface area contributed by atoms with Crippen LogP contribution in [0.25, 0.3) is 21.0 Å². The van der Waals surface area contributed by atoms with Gasteiger partial charge in [0.15, 0.2) is 0 Å². The highest BCUT2D eigenvalue weighted by atomic mass is 32.1. The lowest BCUT2D eigenvalue weighted by molar-refractivity contribution is 0.100. The van der Waals surface area contributed by atoms with Crippen LogP contribution < -0.4 is 11.1 Å². The number of hydrogen-bond donors (Lipinski definition) is 2. The first-order valence-corrected chi connectivity index (χ1v) is 7.93. The average molecular weight is 314 g/mol. The predicted molar refractivity (Wildman–Crippen MR) is 92.7 cm³/mol. The molecule has 0 atom stereocenters. The van der Waals surface area contributed by atoms with Gasteiger partial charge >= 0.3 is 0 Å². The molecule has 0 radical (unpaired) electrons. The molecular formula is C16H18N4OS. The van der Waals surface area contributed by atoms with Gasteiger partial charge in [0.05, 0.1) is 5.52 Å². The van der Waals surface area contributed by atoms with Crippen molar-refractivity contribution in [2.75, 3.05) is 32.5 Å². The first-order valence-electron chi connectivity index (χ1n) is 7.05. The summed E-state index contributed by atoms with van der Waals surface area (Å²) in [6, 6.07) is 7.51. The van der Waals surface area contributed by atoms with Crippen molar-refractivity contribution in [2.24, 2.45) is 5.73 Å². The maximum Gasteiger partial charge on any atom is 0.248 e. The van der Waals surface area contributed by atoms with E-state index in [2.05, 4.69) is 26.6 Å². The number of amides is 1. The molecule has 0 aliphatic rings. The third kappa shape index (κ3) is 2.75. The van der Waals surface area contributed by atoms with E-state index < -0.39 is 5.91 Å². The van der Waals surface area contributed by atoms with Gasteiger partial charge in [-0.1, -0.05) is 6.07 Å². The molecule has 5 nitrogen and oxygen atoms in total. The van der Waals surface area contributed by atoms with Gasteiger partial charge in [0.1, 0.15) is 5.82 Å². The van der Waals surface area contributed by atoms with Crippen LogP contribution in [0.1, 0.15) is 10.4 Å². The number of hydrogen-bond acceptors (Lipinski definition) is 5. The summed E-state index contributed by atoms with van der Waals surface area (Å²) >= 11 is 1.68. The maximum absolute atomic E-state index is 11.4. The van der Waals surface area contributed by atoms with Crippen LogP contribution in [0.3, 0.4) is 0 Å². The van der Waals surface area contributed by atoms with Gasteiger partial charge in [-0.15, -0.1) is 11.3 Å². The Hall–Kier alpha value is -2.18. The number of carbonyl (C=O) groups is 1. The molecule has 6 heteroatoms. The van der Waals surface area contributed by atoms with Gasteiger partial charge in [-0.05, 0) is 37.7 Å². The highest BCUT2D eigenvalue weighted by Gasteiger charge is 2.11. The van der Waals surface area contributed by atoms with E-state index in [9.17, 15) is 4.79 Å². The van der Waals surface area contributed by atoms with Crippen molar-refractivity contribution in [3.05, 3.63) is 35.2 Å². The molecule has 0 fully saturated rings. The van der Waals surface area contributed by atoms with Crippen molar-refractivity contribution in [2.45, 2.75) is 0 Å². The molecule has 114 valence electrons. The van der Waals surface area contributed by atoms with Gasteiger partial charge in [-0.3, -0.25) is 4.79 Å². The largest absolute Gasteiger partial charge is 0.368 e. The predicted octanol–water partition coefficient (Wildman–Crippen LogP) is 2.52. The third-order valence-corrected chi connectivity index (χ3v) is 4.48. The summed E-state index contributed by atoms with van der Waals surface area (Å²) in [6.45, 7) is 1.73. The van der Waals surface area contributed by atoms with E-state index in [1.165, 1.54) is 4.70 Å². The van der Waals surface area contributed by atoms with Crippen molar-refractivity contribution in [1.29, 1.82) is 0 Å². The summed E-state index contributed by atoms with van der Waals surface area (Å²) in [7, 11) is 4.07. The normalized spacial score (nSPS) is 11.4. The van der Waals surface area contributed by atoms with Gasteiger partial charge in [-0.25, -0.2) is 4.98 Å². The number of fused-ring (bicyclic) bond motifs is 3. The molecule has 0 saturated carbocycles. The Morgan fingerprint density at radius 3 is 2.86 bits per heavy atom. The van der Waals surface area contributed by atoms with E-state index >= 15 is 0 Å². The maximum atomic E-state index is 11.4. The molecule has 22 heavy (non-hydrogen) atoms. The summed E-state index contributed by atoms with van der Waals surface area (Å²) in [5, 5.41) is 7.61. The van der Waals surface area contributed by atoms with Crippen molar-refractivity contribution >= 4 is 44.1 Å². The Balaban J connectivity index is 2.08. The van der Waals surface area contributed by atoms with E-state index in [1.807, 2.05) is 20.2 Å². The summed E-state index contributed by atoms with van der Waals surface area (Å²) in [5.41, 5.74) is 6.64. The fourth-order valence-corrected chi connectivity index (χ4v) is 3.32. The number of primary amides is 1. The van der Waals surface area contributed by atoms with E-state index in [4.69, 9.17) is 5.73 Å².